The average Bonchev–Trinajstić information content (AvgIpc) is 3.07. The highest BCUT2D eigenvalue weighted by atomic mass is 14.9. The van der Waals surface area contributed by atoms with E-state index in [2.05, 4.69) is 73.0 Å². The summed E-state index contributed by atoms with van der Waals surface area (Å²) in [7, 11) is 0. The predicted octanol–water partition coefficient (Wildman–Crippen LogP) is 13.4. The van der Waals surface area contributed by atoms with Gasteiger partial charge in [-0.3, -0.25) is 0 Å². The molecule has 0 radical (unpaired) electrons. The standard InChI is InChI=1S/C30H47N.C12H11N/c1-3-5-7-9-11-13-15-17-27-19-23-29(24-20-27)31-30-25-21-28(22-26-30)18-16-14-12-10-8-6-4-2;1-3-7-11(8-4-1)13-12-9-5-2-6-10-12/h19-26,31H,3-18H2,1-2H3;1-10,13H. The van der Waals surface area contributed by atoms with Gasteiger partial charge >= 0.3 is 0 Å². The number of nitrogens with one attached hydrogen (secondary N) is 2. The van der Waals surface area contributed by atoms with Crippen molar-refractivity contribution in [3.05, 3.63) is 120 Å². The van der Waals surface area contributed by atoms with E-state index in [-0.39, 0.29) is 0 Å². The van der Waals surface area contributed by atoms with Crippen LogP contribution in [0.25, 0.3) is 0 Å². The van der Waals surface area contributed by atoms with Gasteiger partial charge in [0, 0.05) is 22.7 Å². The zero-order chi connectivity index (χ0) is 30.9. The summed E-state index contributed by atoms with van der Waals surface area (Å²) in [6.07, 6.45) is 21.7. The predicted molar refractivity (Wildman–Crippen MR) is 196 cm³/mol. The van der Waals surface area contributed by atoms with Gasteiger partial charge in [-0.1, -0.05) is 152 Å². The summed E-state index contributed by atoms with van der Waals surface area (Å²) in [5.41, 5.74) is 7.53. The van der Waals surface area contributed by atoms with Crippen molar-refractivity contribution < 1.29 is 0 Å². The summed E-state index contributed by atoms with van der Waals surface area (Å²) in [4.78, 5) is 0. The molecular formula is C42H58N2. The summed E-state index contributed by atoms with van der Waals surface area (Å²) in [5.74, 6) is 0. The molecule has 2 heteroatoms. The quantitative estimate of drug-likeness (QED) is 0.100. The lowest BCUT2D eigenvalue weighted by Crippen LogP contribution is -1.93. The Hall–Kier alpha value is -3.52. The Balaban J connectivity index is 0.000000335. The Bertz CT molecular complexity index is 1100. The van der Waals surface area contributed by atoms with Crippen LogP contribution in [0.4, 0.5) is 22.7 Å². The van der Waals surface area contributed by atoms with E-state index in [0.29, 0.717) is 0 Å². The van der Waals surface area contributed by atoms with Crippen molar-refractivity contribution in [2.75, 3.05) is 10.6 Å². The minimum atomic E-state index is 1.12. The van der Waals surface area contributed by atoms with Gasteiger partial charge in [-0.05, 0) is 85.3 Å². The molecule has 0 unspecified atom stereocenters. The first-order chi connectivity index (χ1) is 21.8. The summed E-state index contributed by atoms with van der Waals surface area (Å²) >= 11 is 0. The number of anilines is 4. The second-order valence-corrected chi connectivity index (χ2v) is 12.1. The van der Waals surface area contributed by atoms with Crippen LogP contribution >= 0.6 is 0 Å². The van der Waals surface area contributed by atoms with E-state index in [1.165, 1.54) is 125 Å². The van der Waals surface area contributed by atoms with Gasteiger partial charge in [-0.25, -0.2) is 0 Å². The molecule has 0 heterocycles. The van der Waals surface area contributed by atoms with Crippen LogP contribution in [0.2, 0.25) is 0 Å². The topological polar surface area (TPSA) is 24.1 Å². The van der Waals surface area contributed by atoms with Crippen LogP contribution in [0.15, 0.2) is 109 Å². The highest BCUT2D eigenvalue weighted by Gasteiger charge is 2.00. The van der Waals surface area contributed by atoms with Crippen LogP contribution in [0.3, 0.4) is 0 Å². The molecule has 0 bridgehead atoms. The van der Waals surface area contributed by atoms with Crippen molar-refractivity contribution in [2.45, 2.75) is 117 Å². The van der Waals surface area contributed by atoms with Gasteiger partial charge in [0.25, 0.3) is 0 Å². The van der Waals surface area contributed by atoms with Gasteiger partial charge in [-0.2, -0.15) is 0 Å². The summed E-state index contributed by atoms with van der Waals surface area (Å²) in [5, 5.41) is 6.85. The van der Waals surface area contributed by atoms with Crippen molar-refractivity contribution in [3.8, 4) is 0 Å². The second-order valence-electron chi connectivity index (χ2n) is 12.1. The lowest BCUT2D eigenvalue weighted by Gasteiger charge is -2.09. The number of hydrogen-bond donors (Lipinski definition) is 2. The Morgan fingerprint density at radius 2 is 0.614 bits per heavy atom. The average molecular weight is 591 g/mol. The smallest absolute Gasteiger partial charge is 0.0384 e. The van der Waals surface area contributed by atoms with Crippen molar-refractivity contribution in [1.29, 1.82) is 0 Å². The van der Waals surface area contributed by atoms with Crippen molar-refractivity contribution >= 4 is 22.7 Å². The third-order valence-corrected chi connectivity index (χ3v) is 8.17. The summed E-state index contributed by atoms with van der Waals surface area (Å²) in [6.45, 7) is 4.57. The van der Waals surface area contributed by atoms with Gasteiger partial charge in [0.2, 0.25) is 0 Å². The zero-order valence-electron chi connectivity index (χ0n) is 27.7. The van der Waals surface area contributed by atoms with E-state index in [1.54, 1.807) is 0 Å². The Labute approximate surface area is 269 Å². The first-order valence-electron chi connectivity index (χ1n) is 17.6. The Kier molecular flexibility index (Phi) is 18.2. The Morgan fingerprint density at radius 3 is 0.955 bits per heavy atom. The maximum atomic E-state index is 3.55. The Morgan fingerprint density at radius 1 is 0.318 bits per heavy atom. The molecule has 0 aliphatic heterocycles. The van der Waals surface area contributed by atoms with Gasteiger partial charge in [0.05, 0.1) is 0 Å². The number of hydrogen-bond acceptors (Lipinski definition) is 2. The molecule has 0 aromatic heterocycles. The van der Waals surface area contributed by atoms with E-state index >= 15 is 0 Å². The molecule has 4 aromatic rings. The minimum Gasteiger partial charge on any atom is -0.356 e. The highest BCUT2D eigenvalue weighted by Crippen LogP contribution is 2.20. The molecule has 0 aliphatic rings. The van der Waals surface area contributed by atoms with Gasteiger partial charge < -0.3 is 10.6 Å². The summed E-state index contributed by atoms with van der Waals surface area (Å²) < 4.78 is 0. The maximum absolute atomic E-state index is 3.55. The molecule has 2 nitrogen and oxygen atoms in total. The molecule has 0 fully saturated rings. The fourth-order valence-corrected chi connectivity index (χ4v) is 5.46. The first-order valence-corrected chi connectivity index (χ1v) is 17.6. The van der Waals surface area contributed by atoms with Crippen molar-refractivity contribution in [2.24, 2.45) is 0 Å². The van der Waals surface area contributed by atoms with Crippen LogP contribution in [0, 0.1) is 0 Å². The van der Waals surface area contributed by atoms with Gasteiger partial charge in [0.15, 0.2) is 0 Å². The van der Waals surface area contributed by atoms with E-state index in [1.807, 2.05) is 60.7 Å². The molecule has 0 atom stereocenters. The SMILES string of the molecule is CCCCCCCCCc1ccc(Nc2ccc(CCCCCCCCC)cc2)cc1.c1ccc(Nc2ccccc2)cc1. The van der Waals surface area contributed by atoms with Crippen LogP contribution in [0.1, 0.15) is 115 Å². The van der Waals surface area contributed by atoms with Crippen LogP contribution in [-0.2, 0) is 12.8 Å². The largest absolute Gasteiger partial charge is 0.356 e. The van der Waals surface area contributed by atoms with Gasteiger partial charge in [0.1, 0.15) is 0 Å². The monoisotopic (exact) mass is 590 g/mol. The number of para-hydroxylation sites is 2. The number of unbranched alkanes of at least 4 members (excludes halogenated alkanes) is 12. The lowest BCUT2D eigenvalue weighted by atomic mass is 10.0. The highest BCUT2D eigenvalue weighted by molar-refractivity contribution is 5.60. The maximum Gasteiger partial charge on any atom is 0.0384 e. The molecule has 0 spiro atoms. The fourth-order valence-electron chi connectivity index (χ4n) is 5.46. The van der Waals surface area contributed by atoms with E-state index < -0.39 is 0 Å². The third-order valence-electron chi connectivity index (χ3n) is 8.17. The molecular weight excluding hydrogens is 532 g/mol. The van der Waals surface area contributed by atoms with Crippen LogP contribution in [0.5, 0.6) is 0 Å². The van der Waals surface area contributed by atoms with E-state index in [0.717, 1.165) is 11.4 Å². The molecule has 2 N–H and O–H groups in total. The normalized spacial score (nSPS) is 10.6. The molecule has 4 aromatic carbocycles. The van der Waals surface area contributed by atoms with E-state index in [9.17, 15) is 0 Å². The van der Waals surface area contributed by atoms with Crippen molar-refractivity contribution in [1.82, 2.24) is 0 Å². The molecule has 0 amide bonds. The van der Waals surface area contributed by atoms with E-state index in [4.69, 9.17) is 0 Å². The zero-order valence-corrected chi connectivity index (χ0v) is 27.7. The van der Waals surface area contributed by atoms with Crippen molar-refractivity contribution in [3.63, 3.8) is 0 Å². The molecule has 44 heavy (non-hydrogen) atoms. The molecule has 0 saturated carbocycles. The van der Waals surface area contributed by atoms with Crippen LogP contribution < -0.4 is 10.6 Å². The number of rotatable bonds is 20. The van der Waals surface area contributed by atoms with Gasteiger partial charge in [-0.15, -0.1) is 0 Å². The molecule has 0 saturated heterocycles. The first kappa shape index (κ1) is 35.0. The third kappa shape index (κ3) is 15.8. The van der Waals surface area contributed by atoms with Crippen LogP contribution in [-0.4, -0.2) is 0 Å². The molecule has 0 aliphatic carbocycles. The lowest BCUT2D eigenvalue weighted by molar-refractivity contribution is 0.589. The summed E-state index contributed by atoms with van der Waals surface area (Å²) in [6, 6.07) is 38.3. The second kappa shape index (κ2) is 22.9. The number of aryl methyl sites for hydroxylation is 2. The molecule has 236 valence electrons. The number of benzene rings is 4. The molecule has 4 rings (SSSR count). The minimum absolute atomic E-state index is 1.12. The fraction of sp³-hybridized carbons (Fsp3) is 0.429.